The summed E-state index contributed by atoms with van der Waals surface area (Å²) in [6, 6.07) is 8.15. The molecule has 0 spiro atoms. The van der Waals surface area contributed by atoms with Crippen LogP contribution in [-0.4, -0.2) is 27.4 Å². The van der Waals surface area contributed by atoms with Crippen LogP contribution in [0.4, 0.5) is 30.4 Å². The Morgan fingerprint density at radius 1 is 1.03 bits per heavy atom. The van der Waals surface area contributed by atoms with Gasteiger partial charge in [-0.2, -0.15) is 0 Å². The van der Waals surface area contributed by atoms with Crippen LogP contribution in [0.2, 0.25) is 5.02 Å². The molecule has 0 aliphatic rings. The quantitative estimate of drug-likeness (QED) is 0.433. The molecule has 4 rings (SSSR count). The lowest BCUT2D eigenvalue weighted by atomic mass is 10.1. The van der Waals surface area contributed by atoms with Gasteiger partial charge in [-0.05, 0) is 36.4 Å². The molecule has 2 aromatic carbocycles. The molecule has 4 aromatic rings. The molecule has 0 unspecified atom stereocenters. The van der Waals surface area contributed by atoms with Gasteiger partial charge in [0.1, 0.15) is 17.6 Å². The van der Waals surface area contributed by atoms with Crippen LogP contribution in [0.15, 0.2) is 59.6 Å². The van der Waals surface area contributed by atoms with Gasteiger partial charge >= 0.3 is 6.36 Å². The average molecular weight is 450 g/mol. The minimum atomic E-state index is -4.78. The van der Waals surface area contributed by atoms with Gasteiger partial charge in [0.15, 0.2) is 11.4 Å². The van der Waals surface area contributed by atoms with Crippen LogP contribution in [0.5, 0.6) is 5.75 Å². The van der Waals surface area contributed by atoms with Crippen LogP contribution in [0, 0.1) is 0 Å². The van der Waals surface area contributed by atoms with E-state index in [0.29, 0.717) is 16.8 Å². The van der Waals surface area contributed by atoms with E-state index < -0.39 is 12.3 Å². The predicted molar refractivity (Wildman–Crippen MR) is 105 cm³/mol. The highest BCUT2D eigenvalue weighted by Crippen LogP contribution is 2.33. The number of carbonyl (C=O) groups is 1. The molecule has 0 radical (unpaired) electrons. The highest BCUT2D eigenvalue weighted by Gasteiger charge is 2.31. The number of halogens is 4. The third-order valence-electron chi connectivity index (χ3n) is 3.99. The number of anilines is 3. The van der Waals surface area contributed by atoms with Crippen molar-refractivity contribution in [2.24, 2.45) is 0 Å². The second-order valence-electron chi connectivity index (χ2n) is 6.11. The summed E-state index contributed by atoms with van der Waals surface area (Å²) in [5, 5.41) is 10.0. The Kier molecular flexibility index (Phi) is 5.34. The maximum Gasteiger partial charge on any atom is 0.573 e. The van der Waals surface area contributed by atoms with E-state index in [-0.39, 0.29) is 27.7 Å². The van der Waals surface area contributed by atoms with Gasteiger partial charge in [-0.3, -0.25) is 4.79 Å². The van der Waals surface area contributed by atoms with Gasteiger partial charge in [0.05, 0.1) is 28.5 Å². The van der Waals surface area contributed by atoms with E-state index in [4.69, 9.17) is 16.1 Å². The number of benzene rings is 2. The lowest BCUT2D eigenvalue weighted by molar-refractivity contribution is -0.274. The topological polar surface area (TPSA) is 102 Å². The lowest BCUT2D eigenvalue weighted by Gasteiger charge is -2.09. The Balaban J connectivity index is 1.59. The van der Waals surface area contributed by atoms with Gasteiger partial charge in [-0.15, -0.1) is 13.2 Å². The molecule has 0 saturated carbocycles. The first kappa shape index (κ1) is 20.4. The first-order valence-electron chi connectivity index (χ1n) is 8.57. The van der Waals surface area contributed by atoms with E-state index in [0.717, 1.165) is 12.1 Å². The van der Waals surface area contributed by atoms with Crippen LogP contribution < -0.4 is 15.4 Å². The summed E-state index contributed by atoms with van der Waals surface area (Å²) in [6.07, 6.45) is -0.629. The van der Waals surface area contributed by atoms with Gasteiger partial charge in [0.25, 0.3) is 5.91 Å². The van der Waals surface area contributed by atoms with Crippen molar-refractivity contribution in [1.82, 2.24) is 15.1 Å². The number of fused-ring (bicyclic) bond motifs is 1. The maximum atomic E-state index is 12.7. The van der Waals surface area contributed by atoms with E-state index in [1.165, 1.54) is 36.9 Å². The van der Waals surface area contributed by atoms with Crippen molar-refractivity contribution in [3.05, 3.63) is 65.7 Å². The third kappa shape index (κ3) is 4.67. The van der Waals surface area contributed by atoms with Crippen molar-refractivity contribution in [1.29, 1.82) is 0 Å². The molecule has 2 heterocycles. The highest BCUT2D eigenvalue weighted by atomic mass is 35.5. The zero-order chi connectivity index (χ0) is 22.0. The monoisotopic (exact) mass is 449 g/mol. The lowest BCUT2D eigenvalue weighted by Crippen LogP contribution is -2.16. The summed E-state index contributed by atoms with van der Waals surface area (Å²) in [4.78, 5) is 20.3. The Labute approximate surface area is 177 Å². The van der Waals surface area contributed by atoms with E-state index in [1.807, 2.05) is 0 Å². The molecule has 0 aliphatic heterocycles. The Bertz CT molecular complexity index is 1230. The number of nitrogens with zero attached hydrogens (tertiary/aromatic N) is 3. The van der Waals surface area contributed by atoms with Crippen LogP contribution in [-0.2, 0) is 0 Å². The number of aromatic nitrogens is 3. The molecular weight excluding hydrogens is 439 g/mol. The first-order valence-corrected chi connectivity index (χ1v) is 8.95. The molecule has 8 nitrogen and oxygen atoms in total. The molecule has 2 N–H and O–H groups in total. The summed E-state index contributed by atoms with van der Waals surface area (Å²) in [7, 11) is 0. The molecule has 158 valence electrons. The first-order chi connectivity index (χ1) is 14.8. The summed E-state index contributed by atoms with van der Waals surface area (Å²) < 4.78 is 46.0. The van der Waals surface area contributed by atoms with E-state index >= 15 is 0 Å². The van der Waals surface area contributed by atoms with Crippen molar-refractivity contribution in [2.45, 2.75) is 6.36 Å². The summed E-state index contributed by atoms with van der Waals surface area (Å²) >= 11 is 6.20. The van der Waals surface area contributed by atoms with Gasteiger partial charge in [-0.25, -0.2) is 9.97 Å². The zero-order valence-corrected chi connectivity index (χ0v) is 16.0. The fourth-order valence-corrected chi connectivity index (χ4v) is 2.95. The van der Waals surface area contributed by atoms with Crippen LogP contribution >= 0.6 is 11.6 Å². The second-order valence-corrected chi connectivity index (χ2v) is 6.52. The Morgan fingerprint density at radius 2 is 1.74 bits per heavy atom. The molecule has 0 aliphatic carbocycles. The van der Waals surface area contributed by atoms with E-state index in [1.54, 1.807) is 6.07 Å². The number of ether oxygens (including phenoxy) is 1. The number of carbonyl (C=O) groups excluding carboxylic acids is 1. The van der Waals surface area contributed by atoms with Crippen molar-refractivity contribution >= 4 is 45.7 Å². The van der Waals surface area contributed by atoms with Gasteiger partial charge in [-0.1, -0.05) is 16.8 Å². The van der Waals surface area contributed by atoms with Crippen molar-refractivity contribution in [3.63, 3.8) is 0 Å². The zero-order valence-electron chi connectivity index (χ0n) is 15.3. The number of nitrogens with one attached hydrogen (secondary N) is 2. The molecule has 0 bridgehead atoms. The number of amides is 1. The molecule has 1 amide bonds. The van der Waals surface area contributed by atoms with Crippen molar-refractivity contribution < 1.29 is 27.2 Å². The SMILES string of the molecule is O=C(Nc1cncnc1)c1c(Cl)ccc2c(Nc3ccc(OC(F)(F)F)cc3)noc12. The molecule has 0 fully saturated rings. The molecule has 12 heteroatoms. The van der Waals surface area contributed by atoms with Gasteiger partial charge < -0.3 is 19.9 Å². The van der Waals surface area contributed by atoms with Gasteiger partial charge in [0.2, 0.25) is 0 Å². The number of hydrogen-bond acceptors (Lipinski definition) is 7. The highest BCUT2D eigenvalue weighted by molar-refractivity contribution is 6.36. The fraction of sp³-hybridized carbons (Fsp3) is 0.0526. The number of rotatable bonds is 5. The van der Waals surface area contributed by atoms with Gasteiger partial charge in [0, 0.05) is 5.69 Å². The number of alkyl halides is 3. The standard InChI is InChI=1S/C19H11ClF3N5O3/c20-14-6-5-13-16(15(14)18(29)27-11-7-24-9-25-8-11)31-28-17(13)26-10-1-3-12(4-2-10)30-19(21,22)23/h1-9H,(H,26,28)(H,27,29). The smallest absolute Gasteiger partial charge is 0.406 e. The molecule has 0 atom stereocenters. The van der Waals surface area contributed by atoms with E-state index in [2.05, 4.69) is 30.5 Å². The number of hydrogen-bond donors (Lipinski definition) is 2. The third-order valence-corrected chi connectivity index (χ3v) is 4.30. The summed E-state index contributed by atoms with van der Waals surface area (Å²) in [5.74, 6) is -0.673. The normalized spacial score (nSPS) is 11.4. The van der Waals surface area contributed by atoms with Crippen molar-refractivity contribution in [2.75, 3.05) is 10.6 Å². The van der Waals surface area contributed by atoms with E-state index in [9.17, 15) is 18.0 Å². The second kappa shape index (κ2) is 8.11. The van der Waals surface area contributed by atoms with Crippen LogP contribution in [0.1, 0.15) is 10.4 Å². The Hall–Kier alpha value is -3.86. The van der Waals surface area contributed by atoms with Crippen LogP contribution in [0.25, 0.3) is 11.0 Å². The van der Waals surface area contributed by atoms with Crippen molar-refractivity contribution in [3.8, 4) is 5.75 Å². The average Bonchev–Trinajstić information content (AvgIpc) is 3.11. The molecule has 2 aromatic heterocycles. The largest absolute Gasteiger partial charge is 0.573 e. The molecular formula is C19H11ClF3N5O3. The fourth-order valence-electron chi connectivity index (χ4n) is 2.72. The predicted octanol–water partition coefficient (Wildman–Crippen LogP) is 5.17. The maximum absolute atomic E-state index is 12.7. The minimum absolute atomic E-state index is 0.0532. The molecule has 0 saturated heterocycles. The summed E-state index contributed by atoms with van der Waals surface area (Å²) in [5.41, 5.74) is 0.963. The van der Waals surface area contributed by atoms with Crippen LogP contribution in [0.3, 0.4) is 0 Å². The summed E-state index contributed by atoms with van der Waals surface area (Å²) in [6.45, 7) is 0. The minimum Gasteiger partial charge on any atom is -0.406 e. The molecule has 31 heavy (non-hydrogen) atoms. The Morgan fingerprint density at radius 3 is 2.42 bits per heavy atom.